The molecule has 0 saturated heterocycles. The van der Waals surface area contributed by atoms with Crippen LogP contribution in [0, 0.1) is 11.3 Å². The number of nitriles is 1. The van der Waals surface area contributed by atoms with Gasteiger partial charge >= 0.3 is 5.97 Å². The van der Waals surface area contributed by atoms with E-state index in [-0.39, 0.29) is 27.2 Å². The first kappa shape index (κ1) is 25.4. The normalized spacial score (nSPS) is 14.6. The van der Waals surface area contributed by atoms with Crippen molar-refractivity contribution >= 4 is 29.2 Å². The molecular formula is C28H24Cl2N2O4. The van der Waals surface area contributed by atoms with E-state index in [1.165, 1.54) is 17.7 Å². The zero-order valence-electron chi connectivity index (χ0n) is 20.0. The van der Waals surface area contributed by atoms with Crippen LogP contribution in [0.4, 0.5) is 0 Å². The van der Waals surface area contributed by atoms with Gasteiger partial charge in [-0.3, -0.25) is 0 Å². The van der Waals surface area contributed by atoms with Gasteiger partial charge in [0.1, 0.15) is 23.1 Å². The van der Waals surface area contributed by atoms with E-state index in [2.05, 4.69) is 19.9 Å². The number of carbonyl (C=O) groups is 1. The van der Waals surface area contributed by atoms with E-state index in [1.807, 2.05) is 24.3 Å². The fraction of sp³-hybridized carbons (Fsp3) is 0.214. The molecule has 1 unspecified atom stereocenters. The highest BCUT2D eigenvalue weighted by molar-refractivity contribution is 6.37. The first-order valence-electron chi connectivity index (χ1n) is 11.4. The van der Waals surface area contributed by atoms with Crippen LogP contribution in [-0.2, 0) is 0 Å². The summed E-state index contributed by atoms with van der Waals surface area (Å²) in [6, 6.07) is 18.1. The molecule has 2 N–H and O–H groups in total. The third kappa shape index (κ3) is 4.99. The van der Waals surface area contributed by atoms with E-state index in [4.69, 9.17) is 43.1 Å². The highest BCUT2D eigenvalue weighted by atomic mass is 35.5. The van der Waals surface area contributed by atoms with Gasteiger partial charge in [-0.2, -0.15) is 5.26 Å². The standard InChI is InChI=1S/C28H24Cl2N2O4/c1-4-34-26-22(29)11-18(12-23(26)30)28(33)35-19-9-10-20-24(13-19)36-27(32)21(14-31)25(20)17-7-5-16(6-8-17)15(2)3/h5-13,15,25H,4,32H2,1-3H3. The third-order valence-electron chi connectivity index (χ3n) is 5.86. The summed E-state index contributed by atoms with van der Waals surface area (Å²) in [5, 5.41) is 10.2. The number of halogens is 2. The van der Waals surface area contributed by atoms with Crippen molar-refractivity contribution in [3.63, 3.8) is 0 Å². The smallest absolute Gasteiger partial charge is 0.343 e. The summed E-state index contributed by atoms with van der Waals surface area (Å²) in [4.78, 5) is 12.8. The summed E-state index contributed by atoms with van der Waals surface area (Å²) >= 11 is 12.4. The number of hydrogen-bond donors (Lipinski definition) is 1. The molecular weight excluding hydrogens is 499 g/mol. The molecule has 8 heteroatoms. The molecule has 6 nitrogen and oxygen atoms in total. The van der Waals surface area contributed by atoms with Crippen molar-refractivity contribution in [2.24, 2.45) is 5.73 Å². The van der Waals surface area contributed by atoms with Gasteiger partial charge in [0.15, 0.2) is 5.75 Å². The topological polar surface area (TPSA) is 94.6 Å². The van der Waals surface area contributed by atoms with Gasteiger partial charge in [0.2, 0.25) is 5.88 Å². The van der Waals surface area contributed by atoms with Gasteiger partial charge in [-0.25, -0.2) is 4.79 Å². The van der Waals surface area contributed by atoms with Crippen molar-refractivity contribution in [3.8, 4) is 23.3 Å². The Morgan fingerprint density at radius 3 is 2.36 bits per heavy atom. The number of nitrogens with zero attached hydrogens (tertiary/aromatic N) is 1. The molecule has 1 heterocycles. The van der Waals surface area contributed by atoms with Gasteiger partial charge < -0.3 is 19.9 Å². The van der Waals surface area contributed by atoms with E-state index in [9.17, 15) is 10.1 Å². The SMILES string of the molecule is CCOc1c(Cl)cc(C(=O)Oc2ccc3c(c2)OC(N)=C(C#N)C3c2ccc(C(C)C)cc2)cc1Cl. The number of benzene rings is 3. The number of ether oxygens (including phenoxy) is 3. The molecule has 1 atom stereocenters. The maximum absolute atomic E-state index is 12.8. The molecule has 0 amide bonds. The summed E-state index contributed by atoms with van der Waals surface area (Å²) in [5.74, 6) is 0.279. The van der Waals surface area contributed by atoms with Crippen LogP contribution in [0.15, 0.2) is 66.1 Å². The third-order valence-corrected chi connectivity index (χ3v) is 6.42. The van der Waals surface area contributed by atoms with Crippen LogP contribution in [0.5, 0.6) is 17.2 Å². The van der Waals surface area contributed by atoms with E-state index in [0.717, 1.165) is 11.1 Å². The van der Waals surface area contributed by atoms with E-state index in [1.54, 1.807) is 25.1 Å². The van der Waals surface area contributed by atoms with Crippen molar-refractivity contribution < 1.29 is 19.0 Å². The first-order valence-corrected chi connectivity index (χ1v) is 12.1. The Balaban J connectivity index is 1.64. The maximum atomic E-state index is 12.8. The van der Waals surface area contributed by atoms with Crippen molar-refractivity contribution in [2.45, 2.75) is 32.6 Å². The summed E-state index contributed by atoms with van der Waals surface area (Å²) in [6.45, 7) is 6.43. The van der Waals surface area contributed by atoms with Crippen molar-refractivity contribution in [1.82, 2.24) is 0 Å². The lowest BCUT2D eigenvalue weighted by Crippen LogP contribution is -2.21. The van der Waals surface area contributed by atoms with Gasteiger partial charge in [0.25, 0.3) is 0 Å². The van der Waals surface area contributed by atoms with Gasteiger partial charge in [-0.1, -0.05) is 67.4 Å². The summed E-state index contributed by atoms with van der Waals surface area (Å²) < 4.78 is 16.7. The van der Waals surface area contributed by atoms with Crippen LogP contribution in [0.3, 0.4) is 0 Å². The highest BCUT2D eigenvalue weighted by Crippen LogP contribution is 2.44. The average Bonchev–Trinajstić information content (AvgIpc) is 2.85. The summed E-state index contributed by atoms with van der Waals surface area (Å²) in [6.07, 6.45) is 0. The minimum atomic E-state index is -0.653. The molecule has 0 fully saturated rings. The second-order valence-corrected chi connectivity index (χ2v) is 9.35. The highest BCUT2D eigenvalue weighted by Gasteiger charge is 2.31. The van der Waals surface area contributed by atoms with Crippen LogP contribution >= 0.6 is 23.2 Å². The minimum Gasteiger partial charge on any atom is -0.491 e. The van der Waals surface area contributed by atoms with Crippen LogP contribution in [0.1, 0.15) is 59.7 Å². The Kier molecular flexibility index (Phi) is 7.44. The van der Waals surface area contributed by atoms with Crippen LogP contribution in [0.2, 0.25) is 10.0 Å². The van der Waals surface area contributed by atoms with Crippen molar-refractivity contribution in [3.05, 3.63) is 98.4 Å². The zero-order valence-corrected chi connectivity index (χ0v) is 21.5. The predicted molar refractivity (Wildman–Crippen MR) is 139 cm³/mol. The quantitative estimate of drug-likeness (QED) is 0.278. The van der Waals surface area contributed by atoms with Crippen LogP contribution in [-0.4, -0.2) is 12.6 Å². The van der Waals surface area contributed by atoms with Gasteiger partial charge in [-0.15, -0.1) is 0 Å². The monoisotopic (exact) mass is 522 g/mol. The zero-order chi connectivity index (χ0) is 26.0. The largest absolute Gasteiger partial charge is 0.491 e. The number of rotatable bonds is 6. The molecule has 0 aliphatic carbocycles. The molecule has 3 aromatic rings. The molecule has 1 aliphatic rings. The first-order chi connectivity index (χ1) is 17.2. The molecule has 0 spiro atoms. The molecule has 0 aromatic heterocycles. The molecule has 4 rings (SSSR count). The number of nitrogens with two attached hydrogens (primary N) is 1. The molecule has 0 saturated carbocycles. The fourth-order valence-electron chi connectivity index (χ4n) is 4.04. The number of esters is 1. The molecule has 184 valence electrons. The summed E-state index contributed by atoms with van der Waals surface area (Å²) in [5.41, 5.74) is 9.44. The van der Waals surface area contributed by atoms with Crippen molar-refractivity contribution in [2.75, 3.05) is 6.61 Å². The maximum Gasteiger partial charge on any atom is 0.343 e. The van der Waals surface area contributed by atoms with E-state index in [0.29, 0.717) is 29.6 Å². The number of allylic oxidation sites excluding steroid dienone is 1. The lowest BCUT2D eigenvalue weighted by Gasteiger charge is -2.27. The lowest BCUT2D eigenvalue weighted by molar-refractivity contribution is 0.0734. The van der Waals surface area contributed by atoms with Crippen LogP contribution < -0.4 is 19.9 Å². The molecule has 36 heavy (non-hydrogen) atoms. The van der Waals surface area contributed by atoms with E-state index >= 15 is 0 Å². The number of carbonyl (C=O) groups excluding carboxylic acids is 1. The van der Waals surface area contributed by atoms with Gasteiger partial charge in [-0.05, 0) is 42.2 Å². The van der Waals surface area contributed by atoms with Crippen molar-refractivity contribution in [1.29, 1.82) is 5.26 Å². The van der Waals surface area contributed by atoms with Crippen LogP contribution in [0.25, 0.3) is 0 Å². The molecule has 0 radical (unpaired) electrons. The molecule has 3 aromatic carbocycles. The number of hydrogen-bond acceptors (Lipinski definition) is 6. The molecule has 0 bridgehead atoms. The predicted octanol–water partition coefficient (Wildman–Crippen LogP) is 6.95. The Labute approximate surface area is 219 Å². The Hall–Kier alpha value is -3.66. The van der Waals surface area contributed by atoms with Gasteiger partial charge in [0.05, 0.1) is 28.1 Å². The minimum absolute atomic E-state index is 0.0106. The average molecular weight is 523 g/mol. The van der Waals surface area contributed by atoms with Gasteiger partial charge in [0, 0.05) is 11.6 Å². The fourth-order valence-corrected chi connectivity index (χ4v) is 4.64. The lowest BCUT2D eigenvalue weighted by atomic mass is 9.83. The Bertz CT molecular complexity index is 1370. The Morgan fingerprint density at radius 1 is 1.11 bits per heavy atom. The second-order valence-electron chi connectivity index (χ2n) is 8.54. The molecule has 1 aliphatic heterocycles. The summed E-state index contributed by atoms with van der Waals surface area (Å²) in [7, 11) is 0. The second kappa shape index (κ2) is 10.5. The van der Waals surface area contributed by atoms with E-state index < -0.39 is 11.9 Å². The number of fused-ring (bicyclic) bond motifs is 1. The Morgan fingerprint density at radius 2 is 1.78 bits per heavy atom.